The second-order valence-electron chi connectivity index (χ2n) is 5.48. The molecule has 0 bridgehead atoms. The molecular formula is C16H28N2O. The van der Waals surface area contributed by atoms with Gasteiger partial charge in [-0.1, -0.05) is 26.0 Å². The number of ether oxygens (including phenoxy) is 1. The molecule has 108 valence electrons. The summed E-state index contributed by atoms with van der Waals surface area (Å²) in [4.78, 5) is 0. The first-order valence-electron chi connectivity index (χ1n) is 7.19. The van der Waals surface area contributed by atoms with Crippen LogP contribution in [-0.4, -0.2) is 33.3 Å². The second kappa shape index (κ2) is 8.18. The lowest BCUT2D eigenvalue weighted by molar-refractivity contribution is 0.340. The first-order chi connectivity index (χ1) is 9.10. The van der Waals surface area contributed by atoms with Gasteiger partial charge in [0.2, 0.25) is 0 Å². The Bertz CT molecular complexity index is 346. The van der Waals surface area contributed by atoms with Crippen molar-refractivity contribution in [2.24, 2.45) is 0 Å². The minimum absolute atomic E-state index is 0.143. The van der Waals surface area contributed by atoms with Crippen LogP contribution in [0.15, 0.2) is 24.3 Å². The molecule has 0 heterocycles. The molecule has 3 heteroatoms. The lowest BCUT2D eigenvalue weighted by Crippen LogP contribution is -2.34. The Hall–Kier alpha value is -1.06. The molecule has 0 fully saturated rings. The van der Waals surface area contributed by atoms with Crippen molar-refractivity contribution in [1.82, 2.24) is 10.6 Å². The number of rotatable bonds is 9. The van der Waals surface area contributed by atoms with Crippen LogP contribution < -0.4 is 15.4 Å². The van der Waals surface area contributed by atoms with Crippen molar-refractivity contribution in [2.45, 2.75) is 32.6 Å². The van der Waals surface area contributed by atoms with Crippen LogP contribution in [0, 0.1) is 0 Å². The van der Waals surface area contributed by atoms with E-state index in [0.29, 0.717) is 0 Å². The van der Waals surface area contributed by atoms with Gasteiger partial charge in [0.05, 0.1) is 6.61 Å². The van der Waals surface area contributed by atoms with Crippen LogP contribution in [0.5, 0.6) is 5.75 Å². The van der Waals surface area contributed by atoms with Gasteiger partial charge in [-0.3, -0.25) is 0 Å². The monoisotopic (exact) mass is 264 g/mol. The third-order valence-electron chi connectivity index (χ3n) is 3.29. The summed E-state index contributed by atoms with van der Waals surface area (Å²) in [5, 5.41) is 6.69. The zero-order valence-electron chi connectivity index (χ0n) is 12.8. The molecule has 3 nitrogen and oxygen atoms in total. The van der Waals surface area contributed by atoms with E-state index < -0.39 is 0 Å². The van der Waals surface area contributed by atoms with Gasteiger partial charge in [0, 0.05) is 12.0 Å². The Balaban J connectivity index is 2.46. The van der Waals surface area contributed by atoms with Gasteiger partial charge in [-0.2, -0.15) is 0 Å². The Labute approximate surface area is 117 Å². The number of benzene rings is 1. The average Bonchev–Trinajstić information content (AvgIpc) is 2.39. The summed E-state index contributed by atoms with van der Waals surface area (Å²) in [7, 11) is 1.99. The van der Waals surface area contributed by atoms with Crippen molar-refractivity contribution in [2.75, 3.05) is 33.3 Å². The van der Waals surface area contributed by atoms with E-state index in [1.54, 1.807) is 0 Å². The summed E-state index contributed by atoms with van der Waals surface area (Å²) < 4.78 is 5.48. The van der Waals surface area contributed by atoms with Crippen LogP contribution >= 0.6 is 0 Å². The van der Waals surface area contributed by atoms with E-state index in [1.807, 2.05) is 14.0 Å². The maximum Gasteiger partial charge on any atom is 0.119 e. The van der Waals surface area contributed by atoms with E-state index in [4.69, 9.17) is 4.74 Å². The van der Waals surface area contributed by atoms with Crippen molar-refractivity contribution in [1.29, 1.82) is 0 Å². The van der Waals surface area contributed by atoms with Crippen LogP contribution in [0.1, 0.15) is 32.8 Å². The average molecular weight is 264 g/mol. The lowest BCUT2D eigenvalue weighted by Gasteiger charge is -2.26. The van der Waals surface area contributed by atoms with E-state index in [0.717, 1.165) is 38.4 Å². The Morgan fingerprint density at radius 2 is 1.79 bits per heavy atom. The quantitative estimate of drug-likeness (QED) is 0.673. The molecule has 0 spiro atoms. The topological polar surface area (TPSA) is 33.3 Å². The highest BCUT2D eigenvalue weighted by atomic mass is 16.5. The fourth-order valence-electron chi connectivity index (χ4n) is 2.06. The molecule has 19 heavy (non-hydrogen) atoms. The number of nitrogens with one attached hydrogen (secondary N) is 2. The van der Waals surface area contributed by atoms with Crippen molar-refractivity contribution in [3.8, 4) is 5.75 Å². The summed E-state index contributed by atoms with van der Waals surface area (Å²) in [6.07, 6.45) is 1.16. The van der Waals surface area contributed by atoms with E-state index in [1.165, 1.54) is 5.56 Å². The number of hydrogen-bond donors (Lipinski definition) is 2. The molecule has 0 aromatic heterocycles. The zero-order valence-corrected chi connectivity index (χ0v) is 12.8. The van der Waals surface area contributed by atoms with Gasteiger partial charge in [0.25, 0.3) is 0 Å². The maximum absolute atomic E-state index is 5.48. The van der Waals surface area contributed by atoms with Crippen LogP contribution in [0.4, 0.5) is 0 Å². The van der Waals surface area contributed by atoms with E-state index in [2.05, 4.69) is 48.7 Å². The summed E-state index contributed by atoms with van der Waals surface area (Å²) in [5.41, 5.74) is 1.49. The van der Waals surface area contributed by atoms with Crippen LogP contribution in [-0.2, 0) is 5.41 Å². The molecular weight excluding hydrogens is 236 g/mol. The SMILES string of the molecule is CCOc1ccc(C(C)(C)CNCCCNC)cc1. The minimum atomic E-state index is 0.143. The molecule has 0 atom stereocenters. The van der Waals surface area contributed by atoms with Gasteiger partial charge in [0.15, 0.2) is 0 Å². The normalized spacial score (nSPS) is 11.6. The Morgan fingerprint density at radius 3 is 2.37 bits per heavy atom. The highest BCUT2D eigenvalue weighted by Crippen LogP contribution is 2.24. The minimum Gasteiger partial charge on any atom is -0.494 e. The van der Waals surface area contributed by atoms with Gasteiger partial charge < -0.3 is 15.4 Å². The molecule has 1 aromatic carbocycles. The highest BCUT2D eigenvalue weighted by molar-refractivity contribution is 5.31. The number of hydrogen-bond acceptors (Lipinski definition) is 3. The predicted molar refractivity (Wildman–Crippen MR) is 82.1 cm³/mol. The largest absolute Gasteiger partial charge is 0.494 e. The third kappa shape index (κ3) is 5.62. The molecule has 1 rings (SSSR count). The molecule has 2 N–H and O–H groups in total. The zero-order chi connectivity index (χ0) is 14.1. The van der Waals surface area contributed by atoms with Crippen LogP contribution in [0.3, 0.4) is 0 Å². The van der Waals surface area contributed by atoms with Crippen LogP contribution in [0.25, 0.3) is 0 Å². The first kappa shape index (κ1) is 16.0. The van der Waals surface area contributed by atoms with Gasteiger partial charge in [-0.25, -0.2) is 0 Å². The molecule has 0 unspecified atom stereocenters. The molecule has 0 aliphatic carbocycles. The molecule has 0 aliphatic heterocycles. The van der Waals surface area contributed by atoms with E-state index in [9.17, 15) is 0 Å². The summed E-state index contributed by atoms with van der Waals surface area (Å²) in [6.45, 7) is 10.4. The molecule has 0 saturated carbocycles. The van der Waals surface area contributed by atoms with Gasteiger partial charge >= 0.3 is 0 Å². The predicted octanol–water partition coefficient (Wildman–Crippen LogP) is 2.56. The molecule has 0 saturated heterocycles. The third-order valence-corrected chi connectivity index (χ3v) is 3.29. The van der Waals surface area contributed by atoms with Crippen molar-refractivity contribution in [3.05, 3.63) is 29.8 Å². The fraction of sp³-hybridized carbons (Fsp3) is 0.625. The molecule has 0 radical (unpaired) electrons. The Kier molecular flexibility index (Phi) is 6.89. The molecule has 0 aliphatic rings. The molecule has 0 amide bonds. The van der Waals surface area contributed by atoms with Gasteiger partial charge in [-0.15, -0.1) is 0 Å². The van der Waals surface area contributed by atoms with Gasteiger partial charge in [-0.05, 0) is 51.2 Å². The van der Waals surface area contributed by atoms with E-state index >= 15 is 0 Å². The fourth-order valence-corrected chi connectivity index (χ4v) is 2.06. The Morgan fingerprint density at radius 1 is 1.11 bits per heavy atom. The van der Waals surface area contributed by atoms with Crippen molar-refractivity contribution < 1.29 is 4.74 Å². The van der Waals surface area contributed by atoms with Crippen LogP contribution in [0.2, 0.25) is 0 Å². The molecule has 1 aromatic rings. The summed E-state index contributed by atoms with van der Waals surface area (Å²) in [5.74, 6) is 0.948. The van der Waals surface area contributed by atoms with Crippen molar-refractivity contribution >= 4 is 0 Å². The second-order valence-corrected chi connectivity index (χ2v) is 5.48. The standard InChI is InChI=1S/C16H28N2O/c1-5-19-15-9-7-14(8-10-15)16(2,3)13-18-12-6-11-17-4/h7-10,17-18H,5-6,11-13H2,1-4H3. The lowest BCUT2D eigenvalue weighted by atomic mass is 9.84. The maximum atomic E-state index is 5.48. The summed E-state index contributed by atoms with van der Waals surface area (Å²) in [6, 6.07) is 8.45. The van der Waals surface area contributed by atoms with Gasteiger partial charge in [0.1, 0.15) is 5.75 Å². The smallest absolute Gasteiger partial charge is 0.119 e. The van der Waals surface area contributed by atoms with Crippen molar-refractivity contribution in [3.63, 3.8) is 0 Å². The summed E-state index contributed by atoms with van der Waals surface area (Å²) >= 11 is 0. The first-order valence-corrected chi connectivity index (χ1v) is 7.19. The van der Waals surface area contributed by atoms with E-state index in [-0.39, 0.29) is 5.41 Å². The highest BCUT2D eigenvalue weighted by Gasteiger charge is 2.19.